The van der Waals surface area contributed by atoms with Crippen molar-refractivity contribution in [3.8, 4) is 0 Å². The number of carbonyl (C=O) groups excluding carboxylic acids is 1. The van der Waals surface area contributed by atoms with Crippen LogP contribution in [0.1, 0.15) is 31.4 Å². The van der Waals surface area contributed by atoms with Crippen LogP contribution in [-0.2, 0) is 11.3 Å². The highest BCUT2D eigenvalue weighted by atomic mass is 16.1. The number of amides is 1. The van der Waals surface area contributed by atoms with Crippen LogP contribution in [0.3, 0.4) is 0 Å². The maximum Gasteiger partial charge on any atom is 0.219 e. The molecule has 1 heterocycles. The Morgan fingerprint density at radius 2 is 2.43 bits per heavy atom. The van der Waals surface area contributed by atoms with E-state index in [0.29, 0.717) is 0 Å². The van der Waals surface area contributed by atoms with Gasteiger partial charge in [0.15, 0.2) is 0 Å². The zero-order valence-electron chi connectivity index (χ0n) is 8.31. The summed E-state index contributed by atoms with van der Waals surface area (Å²) in [5.41, 5.74) is 11.7. The zero-order valence-corrected chi connectivity index (χ0v) is 8.31. The quantitative estimate of drug-likeness (QED) is 0.703. The molecule has 1 atom stereocenters. The predicted molar refractivity (Wildman–Crippen MR) is 53.3 cm³/mol. The van der Waals surface area contributed by atoms with Crippen LogP contribution in [0, 0.1) is 0 Å². The van der Waals surface area contributed by atoms with E-state index in [-0.39, 0.29) is 18.4 Å². The lowest BCUT2D eigenvalue weighted by atomic mass is 10.1. The Labute approximate surface area is 83.1 Å². The van der Waals surface area contributed by atoms with E-state index in [0.717, 1.165) is 18.5 Å². The van der Waals surface area contributed by atoms with Crippen molar-refractivity contribution in [1.82, 2.24) is 9.78 Å². The lowest BCUT2D eigenvalue weighted by molar-refractivity contribution is -0.118. The van der Waals surface area contributed by atoms with Gasteiger partial charge in [-0.2, -0.15) is 5.10 Å². The first-order valence-electron chi connectivity index (χ1n) is 4.69. The van der Waals surface area contributed by atoms with Crippen molar-refractivity contribution in [3.05, 3.63) is 18.0 Å². The van der Waals surface area contributed by atoms with Gasteiger partial charge in [0.1, 0.15) is 0 Å². The van der Waals surface area contributed by atoms with Gasteiger partial charge in [0.05, 0.1) is 6.20 Å². The predicted octanol–water partition coefficient (Wildman–Crippen LogP) is 0.168. The molecule has 4 N–H and O–H groups in total. The van der Waals surface area contributed by atoms with Crippen LogP contribution in [0.5, 0.6) is 0 Å². The van der Waals surface area contributed by atoms with Crippen molar-refractivity contribution < 1.29 is 4.79 Å². The lowest BCUT2D eigenvalue weighted by Gasteiger charge is -2.05. The molecule has 0 aromatic carbocycles. The van der Waals surface area contributed by atoms with E-state index in [2.05, 4.69) is 12.0 Å². The summed E-state index contributed by atoms with van der Waals surface area (Å²) in [6.45, 7) is 2.94. The maximum atomic E-state index is 10.6. The average molecular weight is 196 g/mol. The van der Waals surface area contributed by atoms with Crippen LogP contribution < -0.4 is 11.5 Å². The third kappa shape index (κ3) is 2.85. The maximum absolute atomic E-state index is 10.6. The van der Waals surface area contributed by atoms with Gasteiger partial charge in [0, 0.05) is 30.8 Å². The van der Waals surface area contributed by atoms with E-state index >= 15 is 0 Å². The van der Waals surface area contributed by atoms with Crippen LogP contribution in [0.2, 0.25) is 0 Å². The van der Waals surface area contributed by atoms with E-state index in [1.54, 1.807) is 6.20 Å². The number of aryl methyl sites for hydroxylation is 1. The standard InChI is InChI=1S/C9H16N4O/c1-2-3-13-6-7(5-12-13)8(10)4-9(11)14/h5-6,8H,2-4,10H2,1H3,(H2,11,14)/t8-/m0/s1. The molecule has 0 bridgehead atoms. The van der Waals surface area contributed by atoms with Crippen molar-refractivity contribution in [2.75, 3.05) is 0 Å². The first-order chi connectivity index (χ1) is 6.63. The number of primary amides is 1. The molecule has 0 aliphatic carbocycles. The molecule has 1 amide bonds. The van der Waals surface area contributed by atoms with Crippen molar-refractivity contribution >= 4 is 5.91 Å². The molecule has 14 heavy (non-hydrogen) atoms. The van der Waals surface area contributed by atoms with Crippen LogP contribution in [0.25, 0.3) is 0 Å². The minimum atomic E-state index is -0.388. The van der Waals surface area contributed by atoms with Crippen LogP contribution in [0.15, 0.2) is 12.4 Å². The Kier molecular flexibility index (Phi) is 3.64. The van der Waals surface area contributed by atoms with E-state index in [1.807, 2.05) is 10.9 Å². The summed E-state index contributed by atoms with van der Waals surface area (Å²) in [6, 6.07) is -0.335. The van der Waals surface area contributed by atoms with Gasteiger partial charge in [-0.25, -0.2) is 0 Å². The molecule has 1 aromatic rings. The fourth-order valence-electron chi connectivity index (χ4n) is 1.26. The molecule has 0 aliphatic heterocycles. The summed E-state index contributed by atoms with van der Waals surface area (Å²) in [5, 5.41) is 4.12. The Balaban J connectivity index is 2.61. The summed E-state index contributed by atoms with van der Waals surface area (Å²) >= 11 is 0. The Morgan fingerprint density at radius 1 is 1.71 bits per heavy atom. The van der Waals surface area contributed by atoms with E-state index in [9.17, 15) is 4.79 Å². The second-order valence-electron chi connectivity index (χ2n) is 3.31. The van der Waals surface area contributed by atoms with Gasteiger partial charge in [-0.15, -0.1) is 0 Å². The van der Waals surface area contributed by atoms with Gasteiger partial charge < -0.3 is 11.5 Å². The van der Waals surface area contributed by atoms with Crippen LogP contribution in [0.4, 0.5) is 0 Å². The van der Waals surface area contributed by atoms with Gasteiger partial charge in [-0.3, -0.25) is 9.48 Å². The molecule has 0 unspecified atom stereocenters. The molecule has 0 radical (unpaired) electrons. The first-order valence-corrected chi connectivity index (χ1v) is 4.69. The summed E-state index contributed by atoms with van der Waals surface area (Å²) in [5.74, 6) is -0.388. The van der Waals surface area contributed by atoms with Gasteiger partial charge >= 0.3 is 0 Å². The topological polar surface area (TPSA) is 86.9 Å². The average Bonchev–Trinajstić information content (AvgIpc) is 2.52. The highest BCUT2D eigenvalue weighted by molar-refractivity contribution is 5.74. The number of aromatic nitrogens is 2. The second kappa shape index (κ2) is 4.76. The zero-order chi connectivity index (χ0) is 10.6. The Hall–Kier alpha value is -1.36. The summed E-state index contributed by atoms with van der Waals surface area (Å²) < 4.78 is 1.82. The number of hydrogen-bond donors (Lipinski definition) is 2. The number of carbonyl (C=O) groups is 1. The lowest BCUT2D eigenvalue weighted by Crippen LogP contribution is -2.20. The fourth-order valence-corrected chi connectivity index (χ4v) is 1.26. The van der Waals surface area contributed by atoms with Crippen LogP contribution in [-0.4, -0.2) is 15.7 Å². The molecule has 1 aromatic heterocycles. The van der Waals surface area contributed by atoms with Crippen LogP contribution >= 0.6 is 0 Å². The molecule has 78 valence electrons. The number of nitrogens with zero attached hydrogens (tertiary/aromatic N) is 2. The normalized spacial score (nSPS) is 12.7. The first kappa shape index (κ1) is 10.7. The molecule has 0 saturated carbocycles. The fraction of sp³-hybridized carbons (Fsp3) is 0.556. The molecule has 0 aliphatic rings. The summed E-state index contributed by atoms with van der Waals surface area (Å²) in [6.07, 6.45) is 4.73. The van der Waals surface area contributed by atoms with Gasteiger partial charge in [-0.1, -0.05) is 6.92 Å². The molecule has 0 fully saturated rings. The SMILES string of the molecule is CCCn1cc([C@@H](N)CC(N)=O)cn1. The van der Waals surface area contributed by atoms with Crippen molar-refractivity contribution in [2.24, 2.45) is 11.5 Å². The van der Waals surface area contributed by atoms with Crippen molar-refractivity contribution in [3.63, 3.8) is 0 Å². The molecule has 5 heteroatoms. The second-order valence-corrected chi connectivity index (χ2v) is 3.31. The van der Waals surface area contributed by atoms with E-state index in [4.69, 9.17) is 11.5 Å². The third-order valence-electron chi connectivity index (χ3n) is 1.96. The van der Waals surface area contributed by atoms with Gasteiger partial charge in [0.25, 0.3) is 0 Å². The van der Waals surface area contributed by atoms with Gasteiger partial charge in [0.2, 0.25) is 5.91 Å². The number of rotatable bonds is 5. The molecule has 0 saturated heterocycles. The summed E-state index contributed by atoms with van der Waals surface area (Å²) in [7, 11) is 0. The smallest absolute Gasteiger partial charge is 0.219 e. The molecule has 5 nitrogen and oxygen atoms in total. The molecular formula is C9H16N4O. The highest BCUT2D eigenvalue weighted by Gasteiger charge is 2.10. The minimum Gasteiger partial charge on any atom is -0.370 e. The van der Waals surface area contributed by atoms with E-state index in [1.165, 1.54) is 0 Å². The minimum absolute atomic E-state index is 0.165. The molecule has 1 rings (SSSR count). The number of nitrogens with two attached hydrogens (primary N) is 2. The van der Waals surface area contributed by atoms with Crippen molar-refractivity contribution in [1.29, 1.82) is 0 Å². The summed E-state index contributed by atoms with van der Waals surface area (Å²) in [4.78, 5) is 10.6. The van der Waals surface area contributed by atoms with E-state index < -0.39 is 0 Å². The monoisotopic (exact) mass is 196 g/mol. The largest absolute Gasteiger partial charge is 0.370 e. The molecular weight excluding hydrogens is 180 g/mol. The Bertz CT molecular complexity index is 308. The third-order valence-corrected chi connectivity index (χ3v) is 1.96. The Morgan fingerprint density at radius 3 is 3.00 bits per heavy atom. The van der Waals surface area contributed by atoms with Gasteiger partial charge in [-0.05, 0) is 6.42 Å². The highest BCUT2D eigenvalue weighted by Crippen LogP contribution is 2.12. The van der Waals surface area contributed by atoms with Crippen molar-refractivity contribution in [2.45, 2.75) is 32.4 Å². The number of hydrogen-bond acceptors (Lipinski definition) is 3. The molecule has 0 spiro atoms.